The lowest BCUT2D eigenvalue weighted by atomic mass is 9.94. The summed E-state index contributed by atoms with van der Waals surface area (Å²) in [6.07, 6.45) is 5.06. The fourth-order valence-electron chi connectivity index (χ4n) is 2.63. The van der Waals surface area contributed by atoms with Crippen LogP contribution in [-0.4, -0.2) is 17.6 Å². The van der Waals surface area contributed by atoms with Crippen LogP contribution >= 0.6 is 11.3 Å². The van der Waals surface area contributed by atoms with Crippen LogP contribution in [0.1, 0.15) is 46.6 Å². The van der Waals surface area contributed by atoms with Gasteiger partial charge in [-0.1, -0.05) is 0 Å². The van der Waals surface area contributed by atoms with Gasteiger partial charge in [0.2, 0.25) is 0 Å². The molecule has 0 bridgehead atoms. The Hall–Kier alpha value is -1.88. The number of thiophene rings is 1. The van der Waals surface area contributed by atoms with Crippen molar-refractivity contribution in [2.45, 2.75) is 32.2 Å². The van der Waals surface area contributed by atoms with Crippen LogP contribution in [0.25, 0.3) is 0 Å². The number of carbonyl (C=O) groups excluding carboxylic acids is 1. The maximum Gasteiger partial charge on any atom is 0.339 e. The fraction of sp³-hybridized carbons (Fsp3) is 0.375. The van der Waals surface area contributed by atoms with Crippen molar-refractivity contribution in [3.63, 3.8) is 0 Å². The van der Waals surface area contributed by atoms with Gasteiger partial charge in [0.15, 0.2) is 0 Å². The van der Waals surface area contributed by atoms with Gasteiger partial charge < -0.3 is 10.1 Å². The Balaban J connectivity index is 1.71. The number of anilines is 1. The van der Waals surface area contributed by atoms with Gasteiger partial charge in [0.25, 0.3) is 0 Å². The predicted octanol–water partition coefficient (Wildman–Crippen LogP) is 3.81. The lowest BCUT2D eigenvalue weighted by Gasteiger charge is -2.24. The van der Waals surface area contributed by atoms with Gasteiger partial charge in [-0.15, -0.1) is 11.3 Å². The lowest BCUT2D eigenvalue weighted by molar-refractivity contribution is 0.0526. The Bertz CT molecular complexity index is 621. The molecular formula is C16H18N2O2S. The van der Waals surface area contributed by atoms with Crippen LogP contribution in [0, 0.1) is 0 Å². The molecule has 1 unspecified atom stereocenters. The number of hydrogen-bond donors (Lipinski definition) is 1. The molecule has 1 aliphatic rings. The lowest BCUT2D eigenvalue weighted by Crippen LogP contribution is -2.16. The van der Waals surface area contributed by atoms with Gasteiger partial charge >= 0.3 is 5.97 Å². The minimum Gasteiger partial charge on any atom is -0.462 e. The average molecular weight is 302 g/mol. The van der Waals surface area contributed by atoms with Gasteiger partial charge in [0.1, 0.15) is 5.82 Å². The Morgan fingerprint density at radius 1 is 1.48 bits per heavy atom. The van der Waals surface area contributed by atoms with Gasteiger partial charge in [-0.2, -0.15) is 0 Å². The normalized spacial score (nSPS) is 17.1. The summed E-state index contributed by atoms with van der Waals surface area (Å²) in [4.78, 5) is 17.4. The van der Waals surface area contributed by atoms with E-state index < -0.39 is 0 Å². The number of rotatable bonds is 4. The molecule has 1 N–H and O–H groups in total. The molecule has 1 aliphatic carbocycles. The zero-order chi connectivity index (χ0) is 14.7. The van der Waals surface area contributed by atoms with Crippen molar-refractivity contribution in [3.05, 3.63) is 45.8 Å². The highest BCUT2D eigenvalue weighted by Crippen LogP contribution is 2.35. The molecule has 4 nitrogen and oxygen atoms in total. The molecule has 0 spiro atoms. The summed E-state index contributed by atoms with van der Waals surface area (Å²) in [5.74, 6) is 0.474. The molecule has 0 saturated heterocycles. The van der Waals surface area contributed by atoms with Crippen molar-refractivity contribution in [1.82, 2.24) is 4.98 Å². The highest BCUT2D eigenvalue weighted by atomic mass is 32.1. The monoisotopic (exact) mass is 302 g/mol. The van der Waals surface area contributed by atoms with Crippen LogP contribution in [0.2, 0.25) is 0 Å². The molecule has 2 aromatic heterocycles. The minimum atomic E-state index is -0.325. The second kappa shape index (κ2) is 6.26. The van der Waals surface area contributed by atoms with Gasteiger partial charge in [0.05, 0.1) is 18.2 Å². The number of pyridine rings is 1. The summed E-state index contributed by atoms with van der Waals surface area (Å²) >= 11 is 1.83. The molecule has 5 heteroatoms. The van der Waals surface area contributed by atoms with E-state index in [0.29, 0.717) is 18.2 Å². The molecule has 1 atom stereocenters. The number of carbonyl (C=O) groups is 1. The first-order chi connectivity index (χ1) is 10.3. The van der Waals surface area contributed by atoms with Crippen molar-refractivity contribution >= 4 is 23.1 Å². The third-order valence-electron chi connectivity index (χ3n) is 3.65. The maximum atomic E-state index is 11.6. The van der Waals surface area contributed by atoms with Crippen molar-refractivity contribution in [3.8, 4) is 0 Å². The number of nitrogens with one attached hydrogen (secondary N) is 1. The molecule has 2 heterocycles. The number of esters is 1. The molecule has 0 radical (unpaired) electrons. The zero-order valence-corrected chi connectivity index (χ0v) is 12.8. The summed E-state index contributed by atoms with van der Waals surface area (Å²) in [6, 6.07) is 6.11. The SMILES string of the molecule is CCOC(=O)c1ccc(NC2CCCc3sccc32)nc1. The molecule has 110 valence electrons. The first-order valence-electron chi connectivity index (χ1n) is 7.24. The van der Waals surface area contributed by atoms with Gasteiger partial charge in [-0.25, -0.2) is 9.78 Å². The van der Waals surface area contributed by atoms with E-state index in [1.54, 1.807) is 19.2 Å². The number of aryl methyl sites for hydroxylation is 1. The van der Waals surface area contributed by atoms with Crippen LogP contribution in [0.15, 0.2) is 29.8 Å². The molecule has 0 aliphatic heterocycles. The molecular weight excluding hydrogens is 284 g/mol. The van der Waals surface area contributed by atoms with Crippen LogP contribution in [0.5, 0.6) is 0 Å². The van der Waals surface area contributed by atoms with E-state index in [4.69, 9.17) is 4.74 Å². The van der Waals surface area contributed by atoms with E-state index in [1.165, 1.54) is 23.3 Å². The van der Waals surface area contributed by atoms with E-state index >= 15 is 0 Å². The quantitative estimate of drug-likeness (QED) is 0.873. The number of ether oxygens (including phenoxy) is 1. The fourth-order valence-corrected chi connectivity index (χ4v) is 3.62. The summed E-state index contributed by atoms with van der Waals surface area (Å²) in [5.41, 5.74) is 1.88. The first kappa shape index (κ1) is 14.1. The molecule has 2 aromatic rings. The standard InChI is InChI=1S/C16H18N2O2S/c1-2-20-16(19)11-6-7-15(17-10-11)18-13-4-3-5-14-12(13)8-9-21-14/h6-10,13H,2-5H2,1H3,(H,17,18). The Labute approximate surface area is 128 Å². The Morgan fingerprint density at radius 2 is 2.38 bits per heavy atom. The van der Waals surface area contributed by atoms with Gasteiger partial charge in [-0.3, -0.25) is 0 Å². The molecule has 3 rings (SSSR count). The van der Waals surface area contributed by atoms with E-state index in [1.807, 2.05) is 17.4 Å². The third-order valence-corrected chi connectivity index (χ3v) is 4.65. The van der Waals surface area contributed by atoms with Crippen molar-refractivity contribution in [1.29, 1.82) is 0 Å². The van der Waals surface area contributed by atoms with E-state index in [0.717, 1.165) is 12.2 Å². The molecule has 0 saturated carbocycles. The molecule has 21 heavy (non-hydrogen) atoms. The van der Waals surface area contributed by atoms with Crippen molar-refractivity contribution < 1.29 is 9.53 Å². The predicted molar refractivity (Wildman–Crippen MR) is 83.8 cm³/mol. The number of hydrogen-bond acceptors (Lipinski definition) is 5. The summed E-state index contributed by atoms with van der Waals surface area (Å²) in [7, 11) is 0. The number of fused-ring (bicyclic) bond motifs is 1. The van der Waals surface area contributed by atoms with E-state index in [-0.39, 0.29) is 5.97 Å². The van der Waals surface area contributed by atoms with Crippen LogP contribution in [-0.2, 0) is 11.2 Å². The molecule has 0 fully saturated rings. The van der Waals surface area contributed by atoms with Crippen LogP contribution in [0.4, 0.5) is 5.82 Å². The summed E-state index contributed by atoms with van der Waals surface area (Å²) in [5, 5.41) is 5.62. The topological polar surface area (TPSA) is 51.2 Å². The van der Waals surface area contributed by atoms with E-state index in [2.05, 4.69) is 21.7 Å². The van der Waals surface area contributed by atoms with Gasteiger partial charge in [-0.05, 0) is 55.3 Å². The maximum absolute atomic E-state index is 11.6. The minimum absolute atomic E-state index is 0.320. The second-order valence-electron chi connectivity index (χ2n) is 5.04. The number of nitrogens with zero attached hydrogens (tertiary/aromatic N) is 1. The first-order valence-corrected chi connectivity index (χ1v) is 8.12. The van der Waals surface area contributed by atoms with Crippen molar-refractivity contribution in [2.75, 3.05) is 11.9 Å². The largest absolute Gasteiger partial charge is 0.462 e. The Kier molecular flexibility index (Phi) is 4.20. The number of aromatic nitrogens is 1. The van der Waals surface area contributed by atoms with E-state index in [9.17, 15) is 4.79 Å². The third kappa shape index (κ3) is 3.08. The summed E-state index contributed by atoms with van der Waals surface area (Å²) in [6.45, 7) is 2.17. The Morgan fingerprint density at radius 3 is 3.14 bits per heavy atom. The molecule has 0 aromatic carbocycles. The van der Waals surface area contributed by atoms with Crippen LogP contribution in [0.3, 0.4) is 0 Å². The average Bonchev–Trinajstić information content (AvgIpc) is 2.98. The van der Waals surface area contributed by atoms with Gasteiger partial charge in [0, 0.05) is 11.1 Å². The second-order valence-corrected chi connectivity index (χ2v) is 6.04. The molecule has 0 amide bonds. The van der Waals surface area contributed by atoms with Crippen LogP contribution < -0.4 is 5.32 Å². The van der Waals surface area contributed by atoms with Crippen molar-refractivity contribution in [2.24, 2.45) is 0 Å². The zero-order valence-electron chi connectivity index (χ0n) is 12.0. The summed E-state index contributed by atoms with van der Waals surface area (Å²) < 4.78 is 4.96. The highest BCUT2D eigenvalue weighted by Gasteiger charge is 2.21. The highest BCUT2D eigenvalue weighted by molar-refractivity contribution is 7.10. The smallest absolute Gasteiger partial charge is 0.339 e.